The first kappa shape index (κ1) is 13.1. The van der Waals surface area contributed by atoms with E-state index in [1.807, 2.05) is 16.7 Å². The minimum Gasteiger partial charge on any atom is -0.375 e. The Morgan fingerprint density at radius 2 is 2.05 bits per heavy atom. The zero-order chi connectivity index (χ0) is 13.2. The van der Waals surface area contributed by atoms with Gasteiger partial charge in [-0.25, -0.2) is 9.97 Å². The van der Waals surface area contributed by atoms with Gasteiger partial charge in [0.05, 0.1) is 21.3 Å². The first-order valence-corrected chi connectivity index (χ1v) is 8.68. The maximum Gasteiger partial charge on any atom is 0.180 e. The maximum atomic E-state index is 5.75. The summed E-state index contributed by atoms with van der Waals surface area (Å²) in [6.45, 7) is 2.17. The standard InChI is InChI=1S/C14H19N3S2/c1-2-10-12(11-8-18-14(15)17-11)19-13(16-10)9-6-4-3-5-7-9/h8-9H,2-7H2,1H3,(H2,15,17). The molecule has 2 heterocycles. The predicted molar refractivity (Wildman–Crippen MR) is 82.8 cm³/mol. The minimum atomic E-state index is 0.643. The van der Waals surface area contributed by atoms with Gasteiger partial charge < -0.3 is 5.73 Å². The highest BCUT2D eigenvalue weighted by atomic mass is 32.1. The molecular weight excluding hydrogens is 274 g/mol. The third kappa shape index (κ3) is 2.67. The lowest BCUT2D eigenvalue weighted by Gasteiger charge is -2.18. The van der Waals surface area contributed by atoms with Crippen molar-refractivity contribution in [3.63, 3.8) is 0 Å². The van der Waals surface area contributed by atoms with Gasteiger partial charge in [0.15, 0.2) is 5.13 Å². The molecule has 1 fully saturated rings. The van der Waals surface area contributed by atoms with Gasteiger partial charge in [0.25, 0.3) is 0 Å². The van der Waals surface area contributed by atoms with Crippen LogP contribution in [0.25, 0.3) is 10.6 Å². The summed E-state index contributed by atoms with van der Waals surface area (Å²) in [7, 11) is 0. The lowest BCUT2D eigenvalue weighted by Crippen LogP contribution is -2.04. The van der Waals surface area contributed by atoms with E-state index < -0.39 is 0 Å². The molecule has 19 heavy (non-hydrogen) atoms. The number of aryl methyl sites for hydroxylation is 1. The van der Waals surface area contributed by atoms with Crippen LogP contribution in [0.2, 0.25) is 0 Å². The summed E-state index contributed by atoms with van der Waals surface area (Å²) in [6, 6.07) is 0. The van der Waals surface area contributed by atoms with Gasteiger partial charge in [-0.1, -0.05) is 26.2 Å². The molecule has 0 radical (unpaired) electrons. The highest BCUT2D eigenvalue weighted by Crippen LogP contribution is 2.39. The van der Waals surface area contributed by atoms with Crippen LogP contribution in [0.3, 0.4) is 0 Å². The van der Waals surface area contributed by atoms with Crippen LogP contribution in [0.1, 0.15) is 55.6 Å². The fourth-order valence-electron chi connectivity index (χ4n) is 2.73. The lowest BCUT2D eigenvalue weighted by molar-refractivity contribution is 0.442. The average molecular weight is 293 g/mol. The van der Waals surface area contributed by atoms with Crippen molar-refractivity contribution in [2.75, 3.05) is 5.73 Å². The molecule has 3 rings (SSSR count). The van der Waals surface area contributed by atoms with Gasteiger partial charge in [0.1, 0.15) is 0 Å². The number of anilines is 1. The highest BCUT2D eigenvalue weighted by Gasteiger charge is 2.22. The van der Waals surface area contributed by atoms with Gasteiger partial charge in [0.2, 0.25) is 0 Å². The number of rotatable bonds is 3. The van der Waals surface area contributed by atoms with Crippen LogP contribution in [0.5, 0.6) is 0 Å². The molecule has 0 unspecified atom stereocenters. The minimum absolute atomic E-state index is 0.643. The topological polar surface area (TPSA) is 51.8 Å². The highest BCUT2D eigenvalue weighted by molar-refractivity contribution is 7.16. The van der Waals surface area contributed by atoms with Crippen LogP contribution in [-0.4, -0.2) is 9.97 Å². The molecule has 1 aliphatic carbocycles. The second kappa shape index (κ2) is 5.59. The molecule has 0 atom stereocenters. The van der Waals surface area contributed by atoms with E-state index in [0.29, 0.717) is 11.0 Å². The fraction of sp³-hybridized carbons (Fsp3) is 0.571. The molecular formula is C14H19N3S2. The zero-order valence-corrected chi connectivity index (χ0v) is 12.8. The molecule has 2 N–H and O–H groups in total. The van der Waals surface area contributed by atoms with Gasteiger partial charge in [-0.15, -0.1) is 22.7 Å². The molecule has 102 valence electrons. The van der Waals surface area contributed by atoms with E-state index in [9.17, 15) is 0 Å². The third-order valence-electron chi connectivity index (χ3n) is 3.76. The van der Waals surface area contributed by atoms with Crippen LogP contribution >= 0.6 is 22.7 Å². The van der Waals surface area contributed by atoms with Gasteiger partial charge in [-0.05, 0) is 19.3 Å². The molecule has 1 saturated carbocycles. The predicted octanol–water partition coefficient (Wildman–Crippen LogP) is 4.46. The molecule has 2 aromatic heterocycles. The van der Waals surface area contributed by atoms with Crippen molar-refractivity contribution >= 4 is 27.8 Å². The molecule has 0 spiro atoms. The summed E-state index contributed by atoms with van der Waals surface area (Å²) in [5, 5.41) is 4.01. The third-order valence-corrected chi connectivity index (χ3v) is 5.71. The summed E-state index contributed by atoms with van der Waals surface area (Å²) in [6.07, 6.45) is 7.66. The number of hydrogen-bond donors (Lipinski definition) is 1. The summed E-state index contributed by atoms with van der Waals surface area (Å²) >= 11 is 3.34. The van der Waals surface area contributed by atoms with Crippen LogP contribution in [-0.2, 0) is 6.42 Å². The SMILES string of the molecule is CCc1nc(C2CCCCC2)sc1-c1csc(N)n1. The largest absolute Gasteiger partial charge is 0.375 e. The monoisotopic (exact) mass is 293 g/mol. The Balaban J connectivity index is 1.93. The normalized spacial score (nSPS) is 16.9. The Morgan fingerprint density at radius 3 is 2.68 bits per heavy atom. The van der Waals surface area contributed by atoms with E-state index in [2.05, 4.69) is 11.9 Å². The van der Waals surface area contributed by atoms with Crippen molar-refractivity contribution in [2.24, 2.45) is 0 Å². The van der Waals surface area contributed by atoms with Gasteiger partial charge in [-0.2, -0.15) is 0 Å². The molecule has 0 amide bonds. The zero-order valence-electron chi connectivity index (χ0n) is 11.2. The van der Waals surface area contributed by atoms with Crippen molar-refractivity contribution in [1.29, 1.82) is 0 Å². The number of hydrogen-bond acceptors (Lipinski definition) is 5. The molecule has 1 aliphatic rings. The van der Waals surface area contributed by atoms with Crippen molar-refractivity contribution in [2.45, 2.75) is 51.4 Å². The van der Waals surface area contributed by atoms with Crippen LogP contribution < -0.4 is 5.73 Å². The van der Waals surface area contributed by atoms with Crippen LogP contribution in [0, 0.1) is 0 Å². The van der Waals surface area contributed by atoms with E-state index in [1.165, 1.54) is 59.0 Å². The first-order chi connectivity index (χ1) is 9.28. The number of nitrogen functional groups attached to an aromatic ring is 1. The van der Waals surface area contributed by atoms with Crippen molar-refractivity contribution in [3.05, 3.63) is 16.1 Å². The maximum absolute atomic E-state index is 5.75. The van der Waals surface area contributed by atoms with Crippen molar-refractivity contribution in [3.8, 4) is 10.6 Å². The smallest absolute Gasteiger partial charge is 0.180 e. The average Bonchev–Trinajstić information content (AvgIpc) is 3.05. The Hall–Kier alpha value is -0.940. The van der Waals surface area contributed by atoms with Gasteiger partial charge in [0, 0.05) is 11.3 Å². The Bertz CT molecular complexity index is 553. The van der Waals surface area contributed by atoms with E-state index in [-0.39, 0.29) is 0 Å². The summed E-state index contributed by atoms with van der Waals surface area (Å²) < 4.78 is 0. The summed E-state index contributed by atoms with van der Waals surface area (Å²) in [4.78, 5) is 10.5. The van der Waals surface area contributed by atoms with Gasteiger partial charge in [-0.3, -0.25) is 0 Å². The van der Waals surface area contributed by atoms with Crippen LogP contribution in [0.4, 0.5) is 5.13 Å². The molecule has 0 bridgehead atoms. The molecule has 5 heteroatoms. The Kier molecular flexibility index (Phi) is 3.84. The van der Waals surface area contributed by atoms with Crippen molar-refractivity contribution < 1.29 is 0 Å². The molecule has 3 nitrogen and oxygen atoms in total. The van der Waals surface area contributed by atoms with E-state index in [4.69, 9.17) is 10.7 Å². The molecule has 0 saturated heterocycles. The number of thiazole rings is 2. The number of aromatic nitrogens is 2. The van der Waals surface area contributed by atoms with E-state index >= 15 is 0 Å². The summed E-state index contributed by atoms with van der Waals surface area (Å²) in [5.74, 6) is 0.675. The second-order valence-electron chi connectivity index (χ2n) is 5.09. The van der Waals surface area contributed by atoms with E-state index in [1.54, 1.807) is 0 Å². The second-order valence-corrected chi connectivity index (χ2v) is 7.01. The van der Waals surface area contributed by atoms with Crippen molar-refractivity contribution in [1.82, 2.24) is 9.97 Å². The Morgan fingerprint density at radius 1 is 1.26 bits per heavy atom. The molecule has 0 aromatic carbocycles. The first-order valence-electron chi connectivity index (χ1n) is 6.99. The molecule has 2 aromatic rings. The molecule has 0 aliphatic heterocycles. The quantitative estimate of drug-likeness (QED) is 0.909. The van der Waals surface area contributed by atoms with E-state index in [0.717, 1.165) is 12.1 Å². The number of nitrogens with zero attached hydrogens (tertiary/aromatic N) is 2. The fourth-order valence-corrected chi connectivity index (χ4v) is 4.64. The Labute approximate surface area is 121 Å². The number of nitrogens with two attached hydrogens (primary N) is 1. The lowest BCUT2D eigenvalue weighted by atomic mass is 9.90. The van der Waals surface area contributed by atoms with Gasteiger partial charge >= 0.3 is 0 Å². The van der Waals surface area contributed by atoms with Crippen LogP contribution in [0.15, 0.2) is 5.38 Å². The summed E-state index contributed by atoms with van der Waals surface area (Å²) in [5.41, 5.74) is 7.95.